The van der Waals surface area contributed by atoms with Crippen LogP contribution in [-0.4, -0.2) is 68.9 Å². The monoisotopic (exact) mass is 411 g/mol. The highest BCUT2D eigenvalue weighted by Crippen LogP contribution is 2.28. The van der Waals surface area contributed by atoms with Crippen LogP contribution >= 0.6 is 0 Å². The van der Waals surface area contributed by atoms with E-state index in [9.17, 15) is 29.7 Å². The molecule has 29 heavy (non-hydrogen) atoms. The molecule has 2 amide bonds. The molecule has 0 aliphatic carbocycles. The lowest BCUT2D eigenvalue weighted by molar-refractivity contribution is -0.145. The Labute approximate surface area is 166 Å². The Bertz CT molecular complexity index is 777. The normalized spacial score (nSPS) is 13.6. The Morgan fingerprint density at radius 3 is 2.38 bits per heavy atom. The topological polar surface area (TPSA) is 221 Å². The second-order valence-electron chi connectivity index (χ2n) is 6.21. The summed E-state index contributed by atoms with van der Waals surface area (Å²) in [6.07, 6.45) is -1.10. The molecule has 1 rings (SSSR count). The van der Waals surface area contributed by atoms with Crippen LogP contribution in [0.5, 0.6) is 11.5 Å². The summed E-state index contributed by atoms with van der Waals surface area (Å²) in [6, 6.07) is 0.916. The molecule has 10 N–H and O–H groups in total. The van der Waals surface area contributed by atoms with E-state index in [2.05, 4.69) is 15.6 Å². The highest BCUT2D eigenvalue weighted by molar-refractivity contribution is 6.00. The number of para-hydroxylation sites is 1. The van der Waals surface area contributed by atoms with Crippen molar-refractivity contribution in [2.45, 2.75) is 38.0 Å². The van der Waals surface area contributed by atoms with Crippen molar-refractivity contribution in [3.8, 4) is 11.5 Å². The molecule has 0 aliphatic heterocycles. The van der Waals surface area contributed by atoms with Gasteiger partial charge in [-0.1, -0.05) is 6.07 Å². The van der Waals surface area contributed by atoms with Crippen LogP contribution in [0, 0.1) is 0 Å². The molecule has 12 nitrogen and oxygen atoms in total. The van der Waals surface area contributed by atoms with Crippen LogP contribution in [0.2, 0.25) is 0 Å². The first-order chi connectivity index (χ1) is 13.5. The standard InChI is InChI=1S/C17H25N5O7/c1-8(23)12(16(28)29)22-15(27)10(5-3-7-20-17(18)19)21-14(26)9-4-2-6-11(24)13(9)25/h2,4,6,8,10,12,23-25H,3,5,7H2,1H3,(H,21,26)(H,22,27)(H,28,29)(H4,18,19,20)/t8-,10+,12+/m1/s1. The number of aliphatic imine (C=N–C) groups is 1. The predicted octanol–water partition coefficient (Wildman–Crippen LogP) is -1.80. The minimum Gasteiger partial charge on any atom is -0.504 e. The van der Waals surface area contributed by atoms with Crippen LogP contribution in [0.1, 0.15) is 30.1 Å². The summed E-state index contributed by atoms with van der Waals surface area (Å²) in [7, 11) is 0. The highest BCUT2D eigenvalue weighted by atomic mass is 16.4. The molecular weight excluding hydrogens is 386 g/mol. The van der Waals surface area contributed by atoms with E-state index < -0.39 is 47.5 Å². The third kappa shape index (κ3) is 7.18. The summed E-state index contributed by atoms with van der Waals surface area (Å²) < 4.78 is 0. The average molecular weight is 411 g/mol. The smallest absolute Gasteiger partial charge is 0.328 e. The maximum Gasteiger partial charge on any atom is 0.328 e. The first-order valence-electron chi connectivity index (χ1n) is 8.63. The number of carbonyl (C=O) groups excluding carboxylic acids is 2. The molecule has 0 saturated heterocycles. The second-order valence-corrected chi connectivity index (χ2v) is 6.21. The number of phenols is 2. The molecule has 0 saturated carbocycles. The Morgan fingerprint density at radius 1 is 1.17 bits per heavy atom. The van der Waals surface area contributed by atoms with Crippen molar-refractivity contribution in [2.75, 3.05) is 6.54 Å². The fourth-order valence-corrected chi connectivity index (χ4v) is 2.37. The molecule has 0 heterocycles. The number of guanidine groups is 1. The van der Waals surface area contributed by atoms with Crippen molar-refractivity contribution in [3.63, 3.8) is 0 Å². The summed E-state index contributed by atoms with van der Waals surface area (Å²) in [4.78, 5) is 39.9. The number of benzene rings is 1. The molecule has 0 aliphatic rings. The van der Waals surface area contributed by atoms with E-state index in [1.165, 1.54) is 25.1 Å². The number of aliphatic hydroxyl groups excluding tert-OH is 1. The fourth-order valence-electron chi connectivity index (χ4n) is 2.37. The maximum atomic E-state index is 12.5. The zero-order chi connectivity index (χ0) is 22.1. The molecule has 1 aromatic rings. The number of rotatable bonds is 10. The molecule has 1 aromatic carbocycles. The van der Waals surface area contributed by atoms with Crippen molar-refractivity contribution in [1.29, 1.82) is 0 Å². The van der Waals surface area contributed by atoms with Gasteiger partial charge < -0.3 is 42.5 Å². The quantitative estimate of drug-likeness (QED) is 0.0940. The van der Waals surface area contributed by atoms with Gasteiger partial charge in [-0.3, -0.25) is 14.6 Å². The van der Waals surface area contributed by atoms with E-state index in [0.29, 0.717) is 0 Å². The highest BCUT2D eigenvalue weighted by Gasteiger charge is 2.30. The van der Waals surface area contributed by atoms with Crippen molar-refractivity contribution >= 4 is 23.7 Å². The number of carbonyl (C=O) groups is 3. The molecule has 0 unspecified atom stereocenters. The largest absolute Gasteiger partial charge is 0.504 e. The first kappa shape index (κ1) is 23.5. The van der Waals surface area contributed by atoms with Crippen molar-refractivity contribution in [2.24, 2.45) is 16.5 Å². The van der Waals surface area contributed by atoms with Gasteiger partial charge in [0.2, 0.25) is 5.91 Å². The lowest BCUT2D eigenvalue weighted by atomic mass is 10.1. The summed E-state index contributed by atoms with van der Waals surface area (Å²) in [6.45, 7) is 1.34. The van der Waals surface area contributed by atoms with E-state index in [4.69, 9.17) is 16.6 Å². The number of amides is 2. The number of hydrogen-bond acceptors (Lipinski definition) is 7. The SMILES string of the molecule is C[C@@H](O)[C@H](NC(=O)[C@H](CCCN=C(N)N)NC(=O)c1cccc(O)c1O)C(=O)O. The average Bonchev–Trinajstić information content (AvgIpc) is 2.63. The van der Waals surface area contributed by atoms with Crippen LogP contribution < -0.4 is 22.1 Å². The zero-order valence-corrected chi connectivity index (χ0v) is 15.7. The number of nitrogens with one attached hydrogen (secondary N) is 2. The van der Waals surface area contributed by atoms with Crippen molar-refractivity contribution < 1.29 is 34.8 Å². The van der Waals surface area contributed by atoms with Crippen LogP contribution in [0.15, 0.2) is 23.2 Å². The van der Waals surface area contributed by atoms with Gasteiger partial charge in [-0.15, -0.1) is 0 Å². The minimum absolute atomic E-state index is 0.0279. The van der Waals surface area contributed by atoms with Gasteiger partial charge in [0.1, 0.15) is 6.04 Å². The number of nitrogens with two attached hydrogens (primary N) is 2. The van der Waals surface area contributed by atoms with Gasteiger partial charge in [0.25, 0.3) is 5.91 Å². The molecule has 0 radical (unpaired) electrons. The number of carboxylic acid groups (broad SMARTS) is 1. The Kier molecular flexibility index (Phi) is 8.68. The molecule has 0 aromatic heterocycles. The van der Waals surface area contributed by atoms with Crippen molar-refractivity contribution in [3.05, 3.63) is 23.8 Å². The van der Waals surface area contributed by atoms with Crippen LogP contribution in [0.4, 0.5) is 0 Å². The Balaban J connectivity index is 2.98. The van der Waals surface area contributed by atoms with Crippen LogP contribution in [0.3, 0.4) is 0 Å². The number of aromatic hydroxyl groups is 2. The maximum absolute atomic E-state index is 12.5. The summed E-state index contributed by atoms with van der Waals surface area (Å²) in [5.41, 5.74) is 10.2. The lowest BCUT2D eigenvalue weighted by Gasteiger charge is -2.23. The molecular formula is C17H25N5O7. The number of aliphatic carboxylic acids is 1. The number of hydrogen-bond donors (Lipinski definition) is 8. The minimum atomic E-state index is -1.59. The van der Waals surface area contributed by atoms with E-state index in [1.807, 2.05) is 0 Å². The van der Waals surface area contributed by atoms with E-state index in [1.54, 1.807) is 0 Å². The van der Waals surface area contributed by atoms with Gasteiger partial charge in [0.05, 0.1) is 11.7 Å². The molecule has 0 spiro atoms. The van der Waals surface area contributed by atoms with Crippen molar-refractivity contribution in [1.82, 2.24) is 10.6 Å². The number of carboxylic acids is 1. The fraction of sp³-hybridized carbons (Fsp3) is 0.412. The molecule has 0 bridgehead atoms. The summed E-state index contributed by atoms with van der Waals surface area (Å²) in [5, 5.41) is 42.5. The third-order valence-corrected chi connectivity index (χ3v) is 3.87. The molecule has 3 atom stereocenters. The van der Waals surface area contributed by atoms with E-state index in [0.717, 1.165) is 0 Å². The van der Waals surface area contributed by atoms with Gasteiger partial charge in [-0.05, 0) is 31.9 Å². The van der Waals surface area contributed by atoms with E-state index >= 15 is 0 Å². The molecule has 0 fully saturated rings. The first-order valence-corrected chi connectivity index (χ1v) is 8.63. The second kappa shape index (κ2) is 10.7. The number of phenolic OH excluding ortho intramolecular Hbond substituents is 2. The Morgan fingerprint density at radius 2 is 1.83 bits per heavy atom. The van der Waals surface area contributed by atoms with Gasteiger partial charge in [-0.2, -0.15) is 0 Å². The lowest BCUT2D eigenvalue weighted by Crippen LogP contribution is -2.54. The third-order valence-electron chi connectivity index (χ3n) is 3.87. The summed E-state index contributed by atoms with van der Waals surface area (Å²) >= 11 is 0. The van der Waals surface area contributed by atoms with Crippen LogP contribution in [-0.2, 0) is 9.59 Å². The molecule has 160 valence electrons. The Hall–Kier alpha value is -3.54. The predicted molar refractivity (Wildman–Crippen MR) is 102 cm³/mol. The molecule has 12 heteroatoms. The number of aliphatic hydroxyl groups is 1. The van der Waals surface area contributed by atoms with Gasteiger partial charge >= 0.3 is 5.97 Å². The van der Waals surface area contributed by atoms with Crippen LogP contribution in [0.25, 0.3) is 0 Å². The van der Waals surface area contributed by atoms with Gasteiger partial charge in [0.15, 0.2) is 23.5 Å². The van der Waals surface area contributed by atoms with Gasteiger partial charge in [-0.25, -0.2) is 4.79 Å². The summed E-state index contributed by atoms with van der Waals surface area (Å²) in [5.74, 6) is -4.53. The zero-order valence-electron chi connectivity index (χ0n) is 15.7. The van der Waals surface area contributed by atoms with Gasteiger partial charge in [0, 0.05) is 6.54 Å². The van der Waals surface area contributed by atoms with E-state index in [-0.39, 0.29) is 30.9 Å². The number of nitrogens with zero attached hydrogens (tertiary/aromatic N) is 1.